The van der Waals surface area contributed by atoms with E-state index in [1.165, 1.54) is 17.2 Å². The summed E-state index contributed by atoms with van der Waals surface area (Å²) in [5, 5.41) is 5.04. The van der Waals surface area contributed by atoms with Crippen LogP contribution in [0.2, 0.25) is 5.02 Å². The van der Waals surface area contributed by atoms with Crippen molar-refractivity contribution in [1.29, 1.82) is 0 Å². The molecule has 4 rings (SSSR count). The minimum Gasteiger partial charge on any atom is -0.267 e. The van der Waals surface area contributed by atoms with Gasteiger partial charge in [0.2, 0.25) is 0 Å². The first-order valence-corrected chi connectivity index (χ1v) is 8.98. The van der Waals surface area contributed by atoms with Crippen molar-refractivity contribution in [2.24, 2.45) is 0 Å². The Balaban J connectivity index is 1.71. The van der Waals surface area contributed by atoms with E-state index in [1.54, 1.807) is 48.5 Å². The average Bonchev–Trinajstić information content (AvgIpc) is 3.09. The number of carbonyl (C=O) groups is 1. The van der Waals surface area contributed by atoms with E-state index in [9.17, 15) is 9.59 Å². The van der Waals surface area contributed by atoms with Crippen molar-refractivity contribution in [3.63, 3.8) is 0 Å². The summed E-state index contributed by atoms with van der Waals surface area (Å²) < 4.78 is 3.32. The molecule has 1 amide bonds. The average molecular weight is 445 g/mol. The molecule has 2 aromatic carbocycles. The molecular weight excluding hydrogens is 434 g/mol. The van der Waals surface area contributed by atoms with Crippen molar-refractivity contribution in [1.82, 2.24) is 19.4 Å². The highest BCUT2D eigenvalue weighted by atomic mass is 79.9. The molecule has 2 heterocycles. The summed E-state index contributed by atoms with van der Waals surface area (Å²) in [4.78, 5) is 29.3. The van der Waals surface area contributed by atoms with Crippen molar-refractivity contribution in [3.05, 3.63) is 86.5 Å². The van der Waals surface area contributed by atoms with Gasteiger partial charge in [0.05, 0.1) is 11.9 Å². The number of carbonyl (C=O) groups excluding carboxylic acids is 1. The third kappa shape index (κ3) is 3.36. The zero-order valence-electron chi connectivity index (χ0n) is 13.6. The largest absolute Gasteiger partial charge is 0.283 e. The highest BCUT2D eigenvalue weighted by Crippen LogP contribution is 2.17. The molecule has 1 N–H and O–H groups in total. The van der Waals surface area contributed by atoms with Crippen molar-refractivity contribution in [2.45, 2.75) is 0 Å². The second kappa shape index (κ2) is 6.98. The summed E-state index contributed by atoms with van der Waals surface area (Å²) >= 11 is 9.33. The number of rotatable bonds is 3. The number of hydrogen-bond donors (Lipinski definition) is 1. The zero-order chi connectivity index (χ0) is 19.0. The minimum absolute atomic E-state index is 0.270. The van der Waals surface area contributed by atoms with Crippen LogP contribution in [0, 0.1) is 0 Å². The molecule has 134 valence electrons. The molecule has 0 aliphatic carbocycles. The molecule has 0 spiro atoms. The van der Waals surface area contributed by atoms with Crippen molar-refractivity contribution in [3.8, 4) is 5.69 Å². The van der Waals surface area contributed by atoms with Crippen LogP contribution in [0.1, 0.15) is 10.4 Å². The number of amides is 1. The SMILES string of the molecule is O=C(Nn1cnc2c(cnn2-c2cccc(Cl)c2)c1=O)c1cccc(Br)c1. The summed E-state index contributed by atoms with van der Waals surface area (Å²) in [6, 6.07) is 13.9. The summed E-state index contributed by atoms with van der Waals surface area (Å²) in [7, 11) is 0. The topological polar surface area (TPSA) is 81.8 Å². The van der Waals surface area contributed by atoms with E-state index in [1.807, 2.05) is 0 Å². The third-order valence-electron chi connectivity index (χ3n) is 3.85. The normalized spacial score (nSPS) is 10.9. The molecule has 9 heteroatoms. The van der Waals surface area contributed by atoms with E-state index in [0.717, 1.165) is 9.15 Å². The molecule has 27 heavy (non-hydrogen) atoms. The Kier molecular flexibility index (Phi) is 4.51. The maximum atomic E-state index is 12.7. The van der Waals surface area contributed by atoms with Gasteiger partial charge in [0.25, 0.3) is 11.5 Å². The van der Waals surface area contributed by atoms with E-state index in [0.29, 0.717) is 21.9 Å². The fraction of sp³-hybridized carbons (Fsp3) is 0. The maximum Gasteiger partial charge on any atom is 0.283 e. The van der Waals surface area contributed by atoms with E-state index in [4.69, 9.17) is 11.6 Å². The lowest BCUT2D eigenvalue weighted by Crippen LogP contribution is -2.33. The van der Waals surface area contributed by atoms with Gasteiger partial charge in [0.1, 0.15) is 11.7 Å². The van der Waals surface area contributed by atoms with Gasteiger partial charge in [-0.2, -0.15) is 5.10 Å². The number of nitrogens with zero attached hydrogens (tertiary/aromatic N) is 4. The highest BCUT2D eigenvalue weighted by molar-refractivity contribution is 9.10. The highest BCUT2D eigenvalue weighted by Gasteiger charge is 2.14. The van der Waals surface area contributed by atoms with Crippen LogP contribution in [0.5, 0.6) is 0 Å². The zero-order valence-corrected chi connectivity index (χ0v) is 16.0. The Morgan fingerprint density at radius 1 is 1.15 bits per heavy atom. The molecule has 2 aromatic heterocycles. The number of fused-ring (bicyclic) bond motifs is 1. The second-order valence-electron chi connectivity index (χ2n) is 5.64. The molecule has 0 saturated heterocycles. The minimum atomic E-state index is -0.434. The molecule has 0 atom stereocenters. The molecule has 0 bridgehead atoms. The van der Waals surface area contributed by atoms with Gasteiger partial charge < -0.3 is 0 Å². The number of aromatic nitrogens is 4. The molecule has 0 saturated carbocycles. The van der Waals surface area contributed by atoms with E-state index < -0.39 is 11.5 Å². The smallest absolute Gasteiger partial charge is 0.267 e. The molecule has 7 nitrogen and oxygen atoms in total. The van der Waals surface area contributed by atoms with Crippen molar-refractivity contribution >= 4 is 44.5 Å². The maximum absolute atomic E-state index is 12.7. The Bertz CT molecular complexity index is 1230. The predicted octanol–water partition coefficient (Wildman–Crippen LogP) is 3.38. The van der Waals surface area contributed by atoms with E-state index in [-0.39, 0.29) is 5.39 Å². The lowest BCUT2D eigenvalue weighted by molar-refractivity contribution is 0.101. The number of hydrogen-bond acceptors (Lipinski definition) is 4. The molecule has 0 unspecified atom stereocenters. The fourth-order valence-corrected chi connectivity index (χ4v) is 3.18. The fourth-order valence-electron chi connectivity index (χ4n) is 2.59. The van der Waals surface area contributed by atoms with Crippen LogP contribution in [-0.2, 0) is 0 Å². The Hall–Kier alpha value is -2.97. The van der Waals surface area contributed by atoms with Crippen LogP contribution < -0.4 is 11.0 Å². The monoisotopic (exact) mass is 443 g/mol. The van der Waals surface area contributed by atoms with Gasteiger partial charge in [0.15, 0.2) is 5.65 Å². The second-order valence-corrected chi connectivity index (χ2v) is 7.00. The summed E-state index contributed by atoms with van der Waals surface area (Å²) in [6.45, 7) is 0. The van der Waals surface area contributed by atoms with Crippen molar-refractivity contribution in [2.75, 3.05) is 5.43 Å². The Morgan fingerprint density at radius 2 is 1.96 bits per heavy atom. The molecule has 0 aliphatic rings. The lowest BCUT2D eigenvalue weighted by Gasteiger charge is -2.08. The van der Waals surface area contributed by atoms with Crippen LogP contribution in [0.25, 0.3) is 16.7 Å². The van der Waals surface area contributed by atoms with E-state index >= 15 is 0 Å². The van der Waals surface area contributed by atoms with Crippen LogP contribution in [0.15, 0.2) is 70.3 Å². The van der Waals surface area contributed by atoms with Gasteiger partial charge in [-0.15, -0.1) is 0 Å². The van der Waals surface area contributed by atoms with Crippen LogP contribution in [0.4, 0.5) is 0 Å². The van der Waals surface area contributed by atoms with Crippen LogP contribution >= 0.6 is 27.5 Å². The van der Waals surface area contributed by atoms with Gasteiger partial charge in [-0.1, -0.05) is 39.7 Å². The van der Waals surface area contributed by atoms with Crippen LogP contribution in [-0.4, -0.2) is 25.3 Å². The summed E-state index contributed by atoms with van der Waals surface area (Å²) in [5.41, 5.74) is 3.55. The lowest BCUT2D eigenvalue weighted by atomic mass is 10.2. The van der Waals surface area contributed by atoms with Gasteiger partial charge in [-0.25, -0.2) is 14.3 Å². The Morgan fingerprint density at radius 3 is 2.74 bits per heavy atom. The predicted molar refractivity (Wildman–Crippen MR) is 106 cm³/mol. The summed E-state index contributed by atoms with van der Waals surface area (Å²) in [5.74, 6) is -0.429. The van der Waals surface area contributed by atoms with Gasteiger partial charge in [0, 0.05) is 15.1 Å². The third-order valence-corrected chi connectivity index (χ3v) is 4.58. The van der Waals surface area contributed by atoms with Gasteiger partial charge >= 0.3 is 0 Å². The molecule has 0 aliphatic heterocycles. The van der Waals surface area contributed by atoms with Crippen molar-refractivity contribution < 1.29 is 4.79 Å². The number of nitrogens with one attached hydrogen (secondary N) is 1. The quantitative estimate of drug-likeness (QED) is 0.525. The molecular formula is C18H11BrClN5O2. The first-order chi connectivity index (χ1) is 13.0. The number of halogens is 2. The summed E-state index contributed by atoms with van der Waals surface area (Å²) in [6.07, 6.45) is 2.66. The Labute approximate surface area is 166 Å². The standard InChI is InChI=1S/C18H11BrClN5O2/c19-12-4-1-3-11(7-12)17(26)23-24-10-21-16-15(18(24)27)9-22-25(16)14-6-2-5-13(20)8-14/h1-10H,(H,23,26). The van der Waals surface area contributed by atoms with Crippen LogP contribution in [0.3, 0.4) is 0 Å². The van der Waals surface area contributed by atoms with E-state index in [2.05, 4.69) is 31.4 Å². The first-order valence-electron chi connectivity index (χ1n) is 7.81. The number of benzene rings is 2. The first kappa shape index (κ1) is 17.4. The van der Waals surface area contributed by atoms with Gasteiger partial charge in [-0.3, -0.25) is 15.0 Å². The molecule has 0 fully saturated rings. The molecule has 0 radical (unpaired) electrons. The molecule has 4 aromatic rings. The van der Waals surface area contributed by atoms with Gasteiger partial charge in [-0.05, 0) is 36.4 Å².